The van der Waals surface area contributed by atoms with Crippen LogP contribution in [0.15, 0.2) is 12.4 Å². The van der Waals surface area contributed by atoms with Gasteiger partial charge in [-0.15, -0.1) is 5.10 Å². The molecule has 1 N–H and O–H groups in total. The van der Waals surface area contributed by atoms with Crippen molar-refractivity contribution >= 4 is 5.78 Å². The van der Waals surface area contributed by atoms with E-state index in [2.05, 4.69) is 38.0 Å². The predicted molar refractivity (Wildman–Crippen MR) is 110 cm³/mol. The number of carbonyl (C=O) groups excluding carboxylic acids is 1. The molecule has 3 aliphatic carbocycles. The first kappa shape index (κ1) is 21.0. The van der Waals surface area contributed by atoms with Gasteiger partial charge in [0.2, 0.25) is 0 Å². The average molecular weight is 404 g/mol. The Kier molecular flexibility index (Phi) is 5.18. The summed E-state index contributed by atoms with van der Waals surface area (Å²) in [6.07, 6.45) is 8.46. The van der Waals surface area contributed by atoms with Crippen LogP contribution >= 0.6 is 0 Å². The van der Waals surface area contributed by atoms with E-state index in [9.17, 15) is 9.90 Å². The normalized spacial score (nSPS) is 47.5. The van der Waals surface area contributed by atoms with E-state index >= 15 is 0 Å². The molecule has 1 aromatic rings. The number of ketones is 1. The van der Waals surface area contributed by atoms with Crippen molar-refractivity contribution in [1.29, 1.82) is 0 Å². The van der Waals surface area contributed by atoms with E-state index in [-0.39, 0.29) is 28.8 Å². The van der Waals surface area contributed by atoms with Gasteiger partial charge >= 0.3 is 0 Å². The summed E-state index contributed by atoms with van der Waals surface area (Å²) >= 11 is 0. The molecule has 8 atom stereocenters. The predicted octanol–water partition coefficient (Wildman–Crippen LogP) is 3.49. The zero-order chi connectivity index (χ0) is 21.0. The van der Waals surface area contributed by atoms with E-state index in [1.54, 1.807) is 18.0 Å². The van der Waals surface area contributed by atoms with Crippen LogP contribution < -0.4 is 0 Å². The Hall–Kier alpha value is -1.27. The first-order valence-electron chi connectivity index (χ1n) is 11.3. The molecule has 3 unspecified atom stereocenters. The van der Waals surface area contributed by atoms with Gasteiger partial charge in [-0.05, 0) is 55.8 Å². The molecule has 6 nitrogen and oxygen atoms in total. The van der Waals surface area contributed by atoms with Gasteiger partial charge in [-0.25, -0.2) is 0 Å². The van der Waals surface area contributed by atoms with Gasteiger partial charge in [-0.3, -0.25) is 9.48 Å². The second-order valence-corrected chi connectivity index (χ2v) is 10.6. The summed E-state index contributed by atoms with van der Waals surface area (Å²) in [4.78, 5) is 13.9. The van der Waals surface area contributed by atoms with Gasteiger partial charge in [0.1, 0.15) is 5.78 Å². The Morgan fingerprint density at radius 2 is 2.00 bits per heavy atom. The van der Waals surface area contributed by atoms with Gasteiger partial charge in [0.15, 0.2) is 0 Å². The summed E-state index contributed by atoms with van der Waals surface area (Å²) < 4.78 is 7.75. The maximum atomic E-state index is 13.9. The molecular formula is C23H37N3O3. The van der Waals surface area contributed by atoms with Gasteiger partial charge in [0, 0.05) is 36.6 Å². The van der Waals surface area contributed by atoms with Crippen molar-refractivity contribution in [1.82, 2.24) is 15.0 Å². The maximum Gasteiger partial charge on any atom is 0.142 e. The number of methoxy groups -OCH3 is 1. The topological polar surface area (TPSA) is 77.2 Å². The molecular weight excluding hydrogens is 366 g/mol. The molecule has 2 bridgehead atoms. The minimum Gasteiger partial charge on any atom is -0.393 e. The lowest BCUT2D eigenvalue weighted by Gasteiger charge is -2.61. The SMILES string of the molecule is COC1CCC23CC[C@@H](C)[C@](C)(C12)[C@H](O)C[C@@](C)(CCn1ccnn1)C(=O)[C@@H]3C. The first-order chi connectivity index (χ1) is 13.7. The Balaban J connectivity index is 1.75. The fraction of sp³-hybridized carbons (Fsp3) is 0.870. The standard InChI is InChI=1S/C23H37N3O3/c1-15-6-8-23-9-7-17(29-5)19(23)22(15,4)18(27)14-21(3,20(28)16(23)2)10-12-26-13-11-24-25-26/h11,13,15-19,27H,6-10,12,14H2,1-5H3/t15-,16+,17?,18-,19?,21-,22+,23?/m1/s1. The van der Waals surface area contributed by atoms with E-state index in [0.29, 0.717) is 31.1 Å². The maximum absolute atomic E-state index is 13.9. The number of carbonyl (C=O) groups is 1. The first-order valence-corrected chi connectivity index (χ1v) is 11.3. The van der Waals surface area contributed by atoms with Crippen LogP contribution in [0.25, 0.3) is 0 Å². The van der Waals surface area contributed by atoms with Crippen molar-refractivity contribution < 1.29 is 14.6 Å². The molecule has 4 rings (SSSR count). The summed E-state index contributed by atoms with van der Waals surface area (Å²) in [5.74, 6) is 0.937. The molecule has 162 valence electrons. The number of hydrogen-bond acceptors (Lipinski definition) is 5. The highest BCUT2D eigenvalue weighted by Crippen LogP contribution is 2.68. The van der Waals surface area contributed by atoms with Gasteiger partial charge in [-0.2, -0.15) is 0 Å². The minimum atomic E-state index is -0.563. The van der Waals surface area contributed by atoms with Crippen molar-refractivity contribution in [2.24, 2.45) is 34.0 Å². The molecule has 3 aliphatic rings. The summed E-state index contributed by atoms with van der Waals surface area (Å²) in [7, 11) is 1.80. The lowest BCUT2D eigenvalue weighted by Crippen LogP contribution is -2.62. The van der Waals surface area contributed by atoms with E-state index < -0.39 is 11.5 Å². The van der Waals surface area contributed by atoms with Crippen molar-refractivity contribution in [2.45, 2.75) is 85.0 Å². The molecule has 1 aromatic heterocycles. The van der Waals surface area contributed by atoms with Crippen LogP contribution in [-0.4, -0.2) is 45.2 Å². The summed E-state index contributed by atoms with van der Waals surface area (Å²) in [5, 5.41) is 19.6. The molecule has 29 heavy (non-hydrogen) atoms. The third kappa shape index (κ3) is 2.93. The van der Waals surface area contributed by atoms with E-state index in [0.717, 1.165) is 25.7 Å². The van der Waals surface area contributed by atoms with E-state index in [1.807, 2.05) is 6.20 Å². The fourth-order valence-corrected chi connectivity index (χ4v) is 7.47. The molecule has 0 radical (unpaired) electrons. The monoisotopic (exact) mass is 403 g/mol. The number of hydrogen-bond donors (Lipinski definition) is 1. The van der Waals surface area contributed by atoms with Gasteiger partial charge in [0.05, 0.1) is 18.4 Å². The number of aryl methyl sites for hydroxylation is 1. The lowest BCUT2D eigenvalue weighted by atomic mass is 9.44. The molecule has 0 aliphatic heterocycles. The summed E-state index contributed by atoms with van der Waals surface area (Å²) in [6.45, 7) is 9.44. The molecule has 0 saturated heterocycles. The third-order valence-corrected chi connectivity index (χ3v) is 9.54. The Morgan fingerprint density at radius 1 is 1.28 bits per heavy atom. The molecule has 0 aromatic carbocycles. The van der Waals surface area contributed by atoms with Crippen LogP contribution in [0.5, 0.6) is 0 Å². The number of ether oxygens (including phenoxy) is 1. The number of nitrogens with zero attached hydrogens (tertiary/aromatic N) is 3. The van der Waals surface area contributed by atoms with E-state index in [1.165, 1.54) is 0 Å². The molecule has 6 heteroatoms. The molecule has 1 heterocycles. The average Bonchev–Trinajstić information content (AvgIpc) is 3.36. The van der Waals surface area contributed by atoms with E-state index in [4.69, 9.17) is 4.74 Å². The van der Waals surface area contributed by atoms with Gasteiger partial charge < -0.3 is 9.84 Å². The van der Waals surface area contributed by atoms with Crippen LogP contribution in [0.1, 0.15) is 66.2 Å². The van der Waals surface area contributed by atoms with Crippen LogP contribution in [0.3, 0.4) is 0 Å². The second kappa shape index (κ2) is 7.16. The van der Waals surface area contributed by atoms with Crippen LogP contribution in [-0.2, 0) is 16.1 Å². The van der Waals surface area contributed by atoms with Crippen molar-refractivity contribution in [3.63, 3.8) is 0 Å². The highest BCUT2D eigenvalue weighted by Gasteiger charge is 2.67. The van der Waals surface area contributed by atoms with Gasteiger partial charge in [0.25, 0.3) is 0 Å². The Bertz CT molecular complexity index is 753. The molecule has 0 amide bonds. The number of aliphatic hydroxyl groups is 1. The minimum absolute atomic E-state index is 0.0206. The Morgan fingerprint density at radius 3 is 2.66 bits per heavy atom. The van der Waals surface area contributed by atoms with Crippen molar-refractivity contribution in [3.8, 4) is 0 Å². The van der Waals surface area contributed by atoms with Crippen molar-refractivity contribution in [3.05, 3.63) is 12.4 Å². The largest absolute Gasteiger partial charge is 0.393 e. The zero-order valence-corrected chi connectivity index (χ0v) is 18.6. The molecule has 3 fully saturated rings. The Labute approximate surface area is 174 Å². The summed E-state index contributed by atoms with van der Waals surface area (Å²) in [5.41, 5.74) is -0.861. The van der Waals surface area contributed by atoms with Crippen molar-refractivity contribution in [2.75, 3.05) is 7.11 Å². The highest BCUT2D eigenvalue weighted by molar-refractivity contribution is 5.87. The summed E-state index contributed by atoms with van der Waals surface area (Å²) in [6, 6.07) is 0. The third-order valence-electron chi connectivity index (χ3n) is 9.54. The van der Waals surface area contributed by atoms with Crippen LogP contribution in [0.2, 0.25) is 0 Å². The van der Waals surface area contributed by atoms with Gasteiger partial charge in [-0.1, -0.05) is 32.9 Å². The molecule has 3 saturated carbocycles. The number of aliphatic hydroxyl groups excluding tert-OH is 1. The lowest BCUT2D eigenvalue weighted by molar-refractivity contribution is -0.192. The fourth-order valence-electron chi connectivity index (χ4n) is 7.47. The van der Waals surface area contributed by atoms with Crippen LogP contribution in [0.4, 0.5) is 0 Å². The number of rotatable bonds is 4. The quantitative estimate of drug-likeness (QED) is 0.833. The zero-order valence-electron chi connectivity index (χ0n) is 18.6. The number of Topliss-reactive ketones (excluding diaryl/α,β-unsaturated/α-hetero) is 1. The van der Waals surface area contributed by atoms with Crippen LogP contribution in [0, 0.1) is 34.0 Å². The second-order valence-electron chi connectivity index (χ2n) is 10.6. The molecule has 0 spiro atoms. The smallest absolute Gasteiger partial charge is 0.142 e. The highest BCUT2D eigenvalue weighted by atomic mass is 16.5. The number of aromatic nitrogens is 3.